The molecule has 0 aliphatic rings. The van der Waals surface area contributed by atoms with Crippen LogP contribution >= 0.6 is 0 Å². The van der Waals surface area contributed by atoms with Crippen molar-refractivity contribution in [1.29, 1.82) is 0 Å². The third-order valence-electron chi connectivity index (χ3n) is 3.00. The molecule has 19 heavy (non-hydrogen) atoms. The van der Waals surface area contributed by atoms with E-state index in [1.54, 1.807) is 0 Å². The molecule has 0 radical (unpaired) electrons. The van der Waals surface area contributed by atoms with Gasteiger partial charge < -0.3 is 5.73 Å². The first-order valence-corrected chi connectivity index (χ1v) is 7.48. The van der Waals surface area contributed by atoms with Gasteiger partial charge in [-0.1, -0.05) is 24.3 Å². The molecule has 0 aliphatic heterocycles. The maximum Gasteiger partial charge on any atom is 0.123 e. The molecule has 0 bridgehead atoms. The van der Waals surface area contributed by atoms with Crippen molar-refractivity contribution < 1.29 is 8.60 Å². The summed E-state index contributed by atoms with van der Waals surface area (Å²) in [6, 6.07) is 12.0. The Hall–Kier alpha value is -1.68. The van der Waals surface area contributed by atoms with Gasteiger partial charge in [-0.25, -0.2) is 4.39 Å². The second-order valence-electron chi connectivity index (χ2n) is 4.50. The molecule has 0 saturated heterocycles. The Morgan fingerprint density at radius 3 is 2.53 bits per heavy atom. The van der Waals surface area contributed by atoms with Crippen LogP contribution in [-0.2, 0) is 22.3 Å². The molecule has 0 aliphatic carbocycles. The summed E-state index contributed by atoms with van der Waals surface area (Å²) in [5.41, 5.74) is 9.01. The van der Waals surface area contributed by atoms with E-state index in [2.05, 4.69) is 0 Å². The summed E-state index contributed by atoms with van der Waals surface area (Å²) in [5.74, 6) is 0.387. The summed E-state index contributed by atoms with van der Waals surface area (Å²) in [6.07, 6.45) is 0. The van der Waals surface area contributed by atoms with Crippen molar-refractivity contribution >= 4 is 16.5 Å². The fourth-order valence-electron chi connectivity index (χ4n) is 1.87. The van der Waals surface area contributed by atoms with Crippen LogP contribution in [0, 0.1) is 12.7 Å². The van der Waals surface area contributed by atoms with Crippen LogP contribution in [-0.4, -0.2) is 4.21 Å². The highest BCUT2D eigenvalue weighted by Crippen LogP contribution is 2.18. The Morgan fingerprint density at radius 2 is 1.79 bits per heavy atom. The van der Waals surface area contributed by atoms with E-state index in [1.807, 2.05) is 31.2 Å². The molecule has 2 nitrogen and oxygen atoms in total. The molecule has 2 aromatic rings. The standard InChI is InChI=1S/C15H16FNOS/c1-11-4-2-3-5-12(11)9-19(18)10-13-8-14(16)6-7-15(13)17/h2-8H,9-10,17H2,1H3. The minimum absolute atomic E-state index is 0.276. The number of hydrogen-bond acceptors (Lipinski definition) is 2. The molecule has 4 heteroatoms. The Labute approximate surface area is 114 Å². The lowest BCUT2D eigenvalue weighted by Crippen LogP contribution is -2.04. The van der Waals surface area contributed by atoms with Crippen LogP contribution in [0.3, 0.4) is 0 Å². The topological polar surface area (TPSA) is 43.1 Å². The number of nitrogen functional groups attached to an aromatic ring is 1. The largest absolute Gasteiger partial charge is 0.398 e. The quantitative estimate of drug-likeness (QED) is 0.872. The van der Waals surface area contributed by atoms with Crippen molar-refractivity contribution in [3.63, 3.8) is 0 Å². The van der Waals surface area contributed by atoms with E-state index in [-0.39, 0.29) is 11.6 Å². The van der Waals surface area contributed by atoms with Crippen LogP contribution in [0.2, 0.25) is 0 Å². The summed E-state index contributed by atoms with van der Waals surface area (Å²) in [4.78, 5) is 0. The van der Waals surface area contributed by atoms with Gasteiger partial charge in [0.15, 0.2) is 0 Å². The maximum absolute atomic E-state index is 13.1. The third kappa shape index (κ3) is 3.64. The Kier molecular flexibility index (Phi) is 4.32. The van der Waals surface area contributed by atoms with Gasteiger partial charge in [-0.15, -0.1) is 0 Å². The number of anilines is 1. The van der Waals surface area contributed by atoms with E-state index in [1.165, 1.54) is 18.2 Å². The number of benzene rings is 2. The lowest BCUT2D eigenvalue weighted by atomic mass is 10.1. The van der Waals surface area contributed by atoms with Crippen LogP contribution in [0.25, 0.3) is 0 Å². The highest BCUT2D eigenvalue weighted by molar-refractivity contribution is 7.83. The highest BCUT2D eigenvalue weighted by Gasteiger charge is 2.08. The predicted octanol–water partition coefficient (Wildman–Crippen LogP) is 3.17. The lowest BCUT2D eigenvalue weighted by Gasteiger charge is -2.08. The summed E-state index contributed by atoms with van der Waals surface area (Å²) in [6.45, 7) is 1.99. The predicted molar refractivity (Wildman–Crippen MR) is 77.5 cm³/mol. The van der Waals surface area contributed by atoms with Crippen molar-refractivity contribution in [3.8, 4) is 0 Å². The van der Waals surface area contributed by atoms with Crippen LogP contribution in [0.5, 0.6) is 0 Å². The fraction of sp³-hybridized carbons (Fsp3) is 0.200. The van der Waals surface area contributed by atoms with Crippen molar-refractivity contribution in [1.82, 2.24) is 0 Å². The molecule has 0 aromatic heterocycles. The van der Waals surface area contributed by atoms with Crippen molar-refractivity contribution in [3.05, 3.63) is 65.0 Å². The molecule has 100 valence electrons. The van der Waals surface area contributed by atoms with Crippen LogP contribution < -0.4 is 5.73 Å². The Bertz CT molecular complexity index is 613. The summed E-state index contributed by atoms with van der Waals surface area (Å²) < 4.78 is 25.3. The second-order valence-corrected chi connectivity index (χ2v) is 5.96. The summed E-state index contributed by atoms with van der Waals surface area (Å²) in [7, 11) is -1.10. The number of hydrogen-bond donors (Lipinski definition) is 1. The van der Waals surface area contributed by atoms with Crippen molar-refractivity contribution in [2.24, 2.45) is 0 Å². The zero-order chi connectivity index (χ0) is 13.8. The first-order chi connectivity index (χ1) is 9.06. The fourth-order valence-corrected chi connectivity index (χ4v) is 3.24. The van der Waals surface area contributed by atoms with E-state index >= 15 is 0 Å². The molecule has 2 N–H and O–H groups in total. The molecule has 0 heterocycles. The van der Waals surface area contributed by atoms with Gasteiger partial charge in [-0.05, 0) is 41.8 Å². The zero-order valence-corrected chi connectivity index (χ0v) is 11.5. The van der Waals surface area contributed by atoms with Crippen LogP contribution in [0.4, 0.5) is 10.1 Å². The third-order valence-corrected chi connectivity index (χ3v) is 4.27. The monoisotopic (exact) mass is 277 g/mol. The number of halogens is 1. The van der Waals surface area contributed by atoms with E-state index in [9.17, 15) is 8.60 Å². The summed E-state index contributed by atoms with van der Waals surface area (Å²) in [5, 5.41) is 0. The SMILES string of the molecule is Cc1ccccc1CS(=O)Cc1cc(F)ccc1N. The van der Waals surface area contributed by atoms with Gasteiger partial charge in [0, 0.05) is 22.2 Å². The number of aryl methyl sites for hydroxylation is 1. The van der Waals surface area contributed by atoms with Gasteiger partial charge in [0.1, 0.15) is 5.82 Å². The minimum Gasteiger partial charge on any atom is -0.398 e. The number of rotatable bonds is 4. The molecule has 1 unspecified atom stereocenters. The van der Waals surface area contributed by atoms with Crippen molar-refractivity contribution in [2.45, 2.75) is 18.4 Å². The molecule has 0 fully saturated rings. The van der Waals surface area contributed by atoms with Crippen LogP contribution in [0.15, 0.2) is 42.5 Å². The molecular weight excluding hydrogens is 261 g/mol. The van der Waals surface area contributed by atoms with Crippen LogP contribution in [0.1, 0.15) is 16.7 Å². The maximum atomic E-state index is 13.1. The van der Waals surface area contributed by atoms with Gasteiger partial charge in [-0.3, -0.25) is 4.21 Å². The zero-order valence-electron chi connectivity index (χ0n) is 10.7. The lowest BCUT2D eigenvalue weighted by molar-refractivity contribution is 0.626. The minimum atomic E-state index is -1.10. The molecular formula is C15H16FNOS. The molecule has 1 atom stereocenters. The molecule has 0 spiro atoms. The Morgan fingerprint density at radius 1 is 1.11 bits per heavy atom. The van der Waals surface area contributed by atoms with Gasteiger partial charge in [0.2, 0.25) is 0 Å². The van der Waals surface area contributed by atoms with Gasteiger partial charge >= 0.3 is 0 Å². The average Bonchev–Trinajstić information content (AvgIpc) is 2.37. The van der Waals surface area contributed by atoms with E-state index < -0.39 is 10.8 Å². The average molecular weight is 277 g/mol. The van der Waals surface area contributed by atoms with E-state index in [4.69, 9.17) is 5.73 Å². The van der Waals surface area contributed by atoms with E-state index in [0.717, 1.165) is 11.1 Å². The van der Waals surface area contributed by atoms with Gasteiger partial charge in [0.25, 0.3) is 0 Å². The molecule has 0 amide bonds. The number of nitrogens with two attached hydrogens (primary N) is 1. The normalized spacial score (nSPS) is 12.3. The summed E-state index contributed by atoms with van der Waals surface area (Å²) >= 11 is 0. The first kappa shape index (κ1) is 13.7. The smallest absolute Gasteiger partial charge is 0.123 e. The first-order valence-electron chi connectivity index (χ1n) is 5.99. The highest BCUT2D eigenvalue weighted by atomic mass is 32.2. The molecule has 2 aromatic carbocycles. The Balaban J connectivity index is 2.10. The van der Waals surface area contributed by atoms with Crippen molar-refractivity contribution in [2.75, 3.05) is 5.73 Å². The van der Waals surface area contributed by atoms with Gasteiger partial charge in [0.05, 0.1) is 5.75 Å². The van der Waals surface area contributed by atoms with E-state index in [0.29, 0.717) is 17.0 Å². The van der Waals surface area contributed by atoms with Gasteiger partial charge in [-0.2, -0.15) is 0 Å². The molecule has 2 rings (SSSR count). The second kappa shape index (κ2) is 5.97. The molecule has 0 saturated carbocycles.